The number of piperidine rings is 1. The van der Waals surface area contributed by atoms with E-state index in [1.54, 1.807) is 18.2 Å². The Bertz CT molecular complexity index is 1000. The van der Waals surface area contributed by atoms with Crippen molar-refractivity contribution in [2.45, 2.75) is 57.9 Å². The molecule has 0 radical (unpaired) electrons. The summed E-state index contributed by atoms with van der Waals surface area (Å²) in [5, 5.41) is 15.2. The third-order valence-corrected chi connectivity index (χ3v) is 8.18. The zero-order chi connectivity index (χ0) is 24.7. The van der Waals surface area contributed by atoms with Crippen molar-refractivity contribution < 1.29 is 27.9 Å². The van der Waals surface area contributed by atoms with Gasteiger partial charge in [0.05, 0.1) is 5.75 Å². The normalized spacial score (nSPS) is 19.6. The van der Waals surface area contributed by atoms with E-state index in [-0.39, 0.29) is 23.0 Å². The van der Waals surface area contributed by atoms with Crippen molar-refractivity contribution in [3.05, 3.63) is 34.9 Å². The van der Waals surface area contributed by atoms with Crippen molar-refractivity contribution in [2.75, 3.05) is 25.4 Å². The van der Waals surface area contributed by atoms with E-state index in [0.29, 0.717) is 30.7 Å². The first kappa shape index (κ1) is 26.3. The van der Waals surface area contributed by atoms with E-state index in [2.05, 4.69) is 15.4 Å². The Morgan fingerprint density at radius 1 is 1.21 bits per heavy atom. The molecule has 1 aromatic rings. The number of ketones is 1. The highest BCUT2D eigenvalue weighted by atomic mass is 32.2. The maximum absolute atomic E-state index is 12.9. The number of carboxylic acids is 1. The summed E-state index contributed by atoms with van der Waals surface area (Å²) in [5.74, 6) is -1.44. The molecule has 1 aliphatic carbocycles. The molecular weight excluding hydrogens is 458 g/mol. The van der Waals surface area contributed by atoms with Crippen molar-refractivity contribution in [1.29, 1.82) is 0 Å². The van der Waals surface area contributed by atoms with Crippen molar-refractivity contribution in [3.63, 3.8) is 0 Å². The van der Waals surface area contributed by atoms with Gasteiger partial charge in [-0.25, -0.2) is 8.42 Å². The van der Waals surface area contributed by atoms with Gasteiger partial charge in [-0.15, -0.1) is 0 Å². The Kier molecular flexibility index (Phi) is 9.21. The monoisotopic (exact) mass is 493 g/mol. The molecule has 0 spiro atoms. The number of carboxylic acid groups (broad SMARTS) is 1. The Labute approximate surface area is 201 Å². The first-order valence-corrected chi connectivity index (χ1v) is 13.7. The molecule has 1 saturated heterocycles. The van der Waals surface area contributed by atoms with Crippen LogP contribution in [0.4, 0.5) is 0 Å². The molecular formula is C24H35N3O6S. The lowest BCUT2D eigenvalue weighted by Crippen LogP contribution is -2.48. The molecule has 1 heterocycles. The second-order valence-electron chi connectivity index (χ2n) is 9.30. The molecule has 9 nitrogen and oxygen atoms in total. The van der Waals surface area contributed by atoms with Gasteiger partial charge in [0.2, 0.25) is 10.0 Å². The number of hydrogen-bond donors (Lipinski definition) is 4. The number of Topliss-reactive ketones (excluding diaryl/α,β-unsaturated/α-hetero) is 1. The van der Waals surface area contributed by atoms with E-state index >= 15 is 0 Å². The molecule has 1 aliphatic heterocycles. The van der Waals surface area contributed by atoms with E-state index in [0.717, 1.165) is 44.3 Å². The van der Waals surface area contributed by atoms with E-state index < -0.39 is 34.5 Å². The minimum absolute atomic E-state index is 0.0582. The second kappa shape index (κ2) is 11.9. The number of nitrogens with one attached hydrogen (secondary N) is 3. The summed E-state index contributed by atoms with van der Waals surface area (Å²) in [6.07, 6.45) is 5.92. The molecule has 2 aliphatic rings. The molecule has 1 fully saturated rings. The van der Waals surface area contributed by atoms with Crippen LogP contribution in [0.25, 0.3) is 0 Å². The average molecular weight is 494 g/mol. The van der Waals surface area contributed by atoms with E-state index in [9.17, 15) is 27.9 Å². The Balaban J connectivity index is 1.57. The molecule has 0 bridgehead atoms. The Morgan fingerprint density at radius 2 is 1.94 bits per heavy atom. The number of sulfonamides is 1. The van der Waals surface area contributed by atoms with Gasteiger partial charge in [-0.1, -0.05) is 19.4 Å². The summed E-state index contributed by atoms with van der Waals surface area (Å²) < 4.78 is 26.2. The van der Waals surface area contributed by atoms with E-state index in [1.807, 2.05) is 6.92 Å². The molecule has 4 N–H and O–H groups in total. The summed E-state index contributed by atoms with van der Waals surface area (Å²) in [6.45, 7) is 3.50. The summed E-state index contributed by atoms with van der Waals surface area (Å²) in [7, 11) is -3.77. The number of unbranched alkanes of at least 4 members (excludes halogenated alkanes) is 1. The molecule has 2 unspecified atom stereocenters. The third-order valence-electron chi connectivity index (χ3n) is 6.71. The van der Waals surface area contributed by atoms with Gasteiger partial charge in [0.15, 0.2) is 5.78 Å². The third kappa shape index (κ3) is 7.10. The van der Waals surface area contributed by atoms with Crippen LogP contribution in [0.3, 0.4) is 0 Å². The fraction of sp³-hybridized carbons (Fsp3) is 0.625. The highest BCUT2D eigenvalue weighted by Crippen LogP contribution is 2.32. The highest BCUT2D eigenvalue weighted by Gasteiger charge is 2.32. The van der Waals surface area contributed by atoms with Crippen LogP contribution in [0.5, 0.6) is 0 Å². The SMILES string of the molecule is CCCCS(=O)(=O)NC(CNC(=O)c1ccc2c(c1)C(=O)C(CCC1CCNCC1)C2)C(=O)O. The standard InChI is InChI=1S/C24H35N3O6S/c1-2-3-12-34(32,33)27-21(24(30)31)15-26-23(29)19-7-6-17-13-18(22(28)20(17)14-19)5-4-16-8-10-25-11-9-16/h6-7,14,16,18,21,25,27H,2-5,8-13,15H2,1H3,(H,26,29)(H,30,31). The summed E-state index contributed by atoms with van der Waals surface area (Å²) in [5.41, 5.74) is 1.74. The van der Waals surface area contributed by atoms with Gasteiger partial charge in [0, 0.05) is 23.6 Å². The largest absolute Gasteiger partial charge is 0.480 e. The van der Waals surface area contributed by atoms with Crippen LogP contribution in [0.15, 0.2) is 18.2 Å². The van der Waals surface area contributed by atoms with Gasteiger partial charge >= 0.3 is 5.97 Å². The van der Waals surface area contributed by atoms with Crippen LogP contribution in [0.1, 0.15) is 71.7 Å². The minimum atomic E-state index is -3.77. The molecule has 3 rings (SSSR count). The summed E-state index contributed by atoms with van der Waals surface area (Å²) in [4.78, 5) is 37.1. The number of fused-ring (bicyclic) bond motifs is 1. The van der Waals surface area contributed by atoms with Gasteiger partial charge in [0.1, 0.15) is 6.04 Å². The van der Waals surface area contributed by atoms with Gasteiger partial charge in [0.25, 0.3) is 5.91 Å². The van der Waals surface area contributed by atoms with Gasteiger partial charge in [-0.05, 0) is 75.2 Å². The van der Waals surface area contributed by atoms with Crippen LogP contribution in [0, 0.1) is 11.8 Å². The first-order valence-electron chi connectivity index (χ1n) is 12.1. The van der Waals surface area contributed by atoms with Crippen LogP contribution >= 0.6 is 0 Å². The van der Waals surface area contributed by atoms with Crippen LogP contribution in [-0.2, 0) is 21.2 Å². The van der Waals surface area contributed by atoms with Crippen LogP contribution in [-0.4, -0.2) is 62.6 Å². The van der Waals surface area contributed by atoms with Gasteiger partial charge in [-0.2, -0.15) is 4.72 Å². The van der Waals surface area contributed by atoms with Crippen molar-refractivity contribution in [1.82, 2.24) is 15.4 Å². The molecule has 0 aromatic heterocycles. The number of aliphatic carboxylic acids is 1. The highest BCUT2D eigenvalue weighted by molar-refractivity contribution is 7.89. The second-order valence-corrected chi connectivity index (χ2v) is 11.2. The number of benzene rings is 1. The molecule has 188 valence electrons. The average Bonchev–Trinajstić information content (AvgIpc) is 3.14. The maximum Gasteiger partial charge on any atom is 0.323 e. The predicted molar refractivity (Wildman–Crippen MR) is 128 cm³/mol. The first-order chi connectivity index (χ1) is 16.2. The lowest BCUT2D eigenvalue weighted by molar-refractivity contribution is -0.138. The van der Waals surface area contributed by atoms with Gasteiger partial charge in [-0.3, -0.25) is 14.4 Å². The molecule has 1 amide bonds. The Morgan fingerprint density at radius 3 is 2.62 bits per heavy atom. The van der Waals surface area contributed by atoms with Crippen molar-refractivity contribution in [3.8, 4) is 0 Å². The number of carbonyl (C=O) groups excluding carboxylic acids is 2. The summed E-state index contributed by atoms with van der Waals surface area (Å²) >= 11 is 0. The van der Waals surface area contributed by atoms with Crippen molar-refractivity contribution in [2.24, 2.45) is 11.8 Å². The Hall–Kier alpha value is -2.30. The van der Waals surface area contributed by atoms with Gasteiger partial charge < -0.3 is 15.7 Å². The van der Waals surface area contributed by atoms with Crippen molar-refractivity contribution >= 4 is 27.7 Å². The fourth-order valence-electron chi connectivity index (χ4n) is 4.63. The predicted octanol–water partition coefficient (Wildman–Crippen LogP) is 1.72. The van der Waals surface area contributed by atoms with Crippen LogP contribution in [0.2, 0.25) is 0 Å². The quantitative estimate of drug-likeness (QED) is 0.347. The molecule has 2 atom stereocenters. The van der Waals surface area contributed by atoms with E-state index in [1.165, 1.54) is 0 Å². The zero-order valence-corrected chi connectivity index (χ0v) is 20.5. The lowest BCUT2D eigenvalue weighted by atomic mass is 9.88. The van der Waals surface area contributed by atoms with E-state index in [4.69, 9.17) is 0 Å². The number of carbonyl (C=O) groups is 3. The van der Waals surface area contributed by atoms with Crippen LogP contribution < -0.4 is 15.4 Å². The topological polar surface area (TPSA) is 142 Å². The molecule has 10 heteroatoms. The number of rotatable bonds is 12. The fourth-order valence-corrected chi connectivity index (χ4v) is 6.03. The smallest absolute Gasteiger partial charge is 0.323 e. The minimum Gasteiger partial charge on any atom is -0.480 e. The summed E-state index contributed by atoms with van der Waals surface area (Å²) in [6, 6.07) is 3.51. The zero-order valence-electron chi connectivity index (χ0n) is 19.6. The molecule has 34 heavy (non-hydrogen) atoms. The maximum atomic E-state index is 12.9. The molecule has 1 aromatic carbocycles. The molecule has 0 saturated carbocycles. The number of hydrogen-bond acceptors (Lipinski definition) is 6. The number of amides is 1. The lowest BCUT2D eigenvalue weighted by Gasteiger charge is -2.23.